The molecule has 21 heavy (non-hydrogen) atoms. The molecule has 0 N–H and O–H groups in total. The van der Waals surface area contributed by atoms with Crippen molar-refractivity contribution in [2.75, 3.05) is 12.4 Å². The van der Waals surface area contributed by atoms with Gasteiger partial charge in [-0.05, 0) is 30.5 Å². The number of halogens is 1. The van der Waals surface area contributed by atoms with Crippen LogP contribution < -0.4 is 0 Å². The fraction of sp³-hybridized carbons (Fsp3) is 0.333. The molecule has 1 saturated heterocycles. The molecule has 1 fully saturated rings. The van der Waals surface area contributed by atoms with E-state index in [0.717, 1.165) is 0 Å². The number of esters is 1. The molecule has 110 valence electrons. The molecule has 1 heterocycles. The fourth-order valence-electron chi connectivity index (χ4n) is 2.17. The Morgan fingerprint density at radius 3 is 2.95 bits per heavy atom. The molecule has 2 atom stereocenters. The molecule has 4 nitrogen and oxygen atoms in total. The number of rotatable bonds is 3. The molecule has 0 saturated carbocycles. The zero-order valence-electron chi connectivity index (χ0n) is 11.4. The van der Waals surface area contributed by atoms with Gasteiger partial charge < -0.3 is 9.64 Å². The zero-order chi connectivity index (χ0) is 15.4. The number of carbonyl (C=O) groups is 2. The monoisotopic (exact) mass is 307 g/mol. The van der Waals surface area contributed by atoms with Crippen molar-refractivity contribution in [2.45, 2.75) is 18.3 Å². The van der Waals surface area contributed by atoms with Crippen LogP contribution in [0.3, 0.4) is 0 Å². The van der Waals surface area contributed by atoms with Gasteiger partial charge in [0.15, 0.2) is 0 Å². The summed E-state index contributed by atoms with van der Waals surface area (Å²) in [4.78, 5) is 25.2. The maximum atomic E-state index is 13.4. The lowest BCUT2D eigenvalue weighted by atomic mass is 10.1. The van der Waals surface area contributed by atoms with Crippen molar-refractivity contribution in [3.63, 3.8) is 0 Å². The lowest BCUT2D eigenvalue weighted by Crippen LogP contribution is -2.43. The first kappa shape index (κ1) is 15.4. The lowest BCUT2D eigenvalue weighted by molar-refractivity contribution is -0.152. The molecule has 1 aliphatic heterocycles. The number of ether oxygens (including phenoxy) is 1. The van der Waals surface area contributed by atoms with Gasteiger partial charge in [0.05, 0.1) is 6.61 Å². The van der Waals surface area contributed by atoms with Crippen molar-refractivity contribution in [3.8, 4) is 12.3 Å². The molecule has 0 spiro atoms. The molecule has 1 amide bonds. The summed E-state index contributed by atoms with van der Waals surface area (Å²) in [5.74, 6) is 0.889. The van der Waals surface area contributed by atoms with E-state index < -0.39 is 29.1 Å². The van der Waals surface area contributed by atoms with Crippen LogP contribution in [0.1, 0.15) is 17.9 Å². The minimum Gasteiger partial charge on any atom is -0.464 e. The van der Waals surface area contributed by atoms with Crippen LogP contribution in [0.5, 0.6) is 0 Å². The Kier molecular flexibility index (Phi) is 4.86. The minimum atomic E-state index is -0.744. The van der Waals surface area contributed by atoms with Gasteiger partial charge >= 0.3 is 5.97 Å². The van der Waals surface area contributed by atoms with Crippen molar-refractivity contribution < 1.29 is 18.7 Å². The zero-order valence-corrected chi connectivity index (χ0v) is 12.2. The molecular formula is C15H14FNO3S. The van der Waals surface area contributed by atoms with Crippen molar-refractivity contribution in [3.05, 3.63) is 35.6 Å². The number of nitrogens with zero attached hydrogens (tertiary/aromatic N) is 1. The second-order valence-corrected chi connectivity index (χ2v) is 5.48. The SMILES string of the molecule is C#CC(=O)N1C(c2cccc(F)c2)SC[C@@H]1C(=O)OCC. The standard InChI is InChI=1S/C15H14FNO3S/c1-3-13(18)17-12(15(19)20-4-2)9-21-14(17)10-6-5-7-11(16)8-10/h1,5-8,12,14H,4,9H2,2H3/t12-,14?/m1/s1. The summed E-state index contributed by atoms with van der Waals surface area (Å²) in [6.07, 6.45) is 5.18. The highest BCUT2D eigenvalue weighted by Crippen LogP contribution is 2.41. The van der Waals surface area contributed by atoms with Crippen LogP contribution in [0.25, 0.3) is 0 Å². The quantitative estimate of drug-likeness (QED) is 0.633. The predicted octanol–water partition coefficient (Wildman–Crippen LogP) is 1.96. The first-order valence-electron chi connectivity index (χ1n) is 6.41. The smallest absolute Gasteiger partial charge is 0.329 e. The van der Waals surface area contributed by atoms with Gasteiger partial charge in [-0.3, -0.25) is 4.79 Å². The maximum Gasteiger partial charge on any atom is 0.329 e. The van der Waals surface area contributed by atoms with E-state index >= 15 is 0 Å². The van der Waals surface area contributed by atoms with E-state index in [0.29, 0.717) is 11.3 Å². The molecule has 2 rings (SSSR count). The number of hydrogen-bond acceptors (Lipinski definition) is 4. The topological polar surface area (TPSA) is 46.6 Å². The maximum absolute atomic E-state index is 13.4. The first-order valence-corrected chi connectivity index (χ1v) is 7.46. The summed E-state index contributed by atoms with van der Waals surface area (Å²) in [5, 5.41) is -0.487. The minimum absolute atomic E-state index is 0.225. The Labute approximate surface area is 126 Å². The van der Waals surface area contributed by atoms with E-state index in [9.17, 15) is 14.0 Å². The Morgan fingerprint density at radius 2 is 2.33 bits per heavy atom. The Hall–Kier alpha value is -2.00. The molecule has 1 aliphatic rings. The summed E-state index contributed by atoms with van der Waals surface area (Å²) in [6, 6.07) is 5.17. The molecule has 1 aromatic carbocycles. The van der Waals surface area contributed by atoms with Gasteiger partial charge in [0.2, 0.25) is 0 Å². The Morgan fingerprint density at radius 1 is 1.57 bits per heavy atom. The summed E-state index contributed by atoms with van der Waals surface area (Å²) in [6.45, 7) is 1.92. The predicted molar refractivity (Wildman–Crippen MR) is 77.7 cm³/mol. The van der Waals surface area contributed by atoms with Gasteiger partial charge in [-0.25, -0.2) is 9.18 Å². The van der Waals surface area contributed by atoms with Crippen molar-refractivity contribution in [1.29, 1.82) is 0 Å². The summed E-state index contributed by atoms with van der Waals surface area (Å²) in [5.41, 5.74) is 0.593. The molecule has 1 aromatic rings. The van der Waals surface area contributed by atoms with Crippen molar-refractivity contribution in [1.82, 2.24) is 4.90 Å². The fourth-order valence-corrected chi connectivity index (χ4v) is 3.57. The molecule has 0 radical (unpaired) electrons. The first-order chi connectivity index (χ1) is 10.1. The van der Waals surface area contributed by atoms with E-state index in [2.05, 4.69) is 0 Å². The van der Waals surface area contributed by atoms with Gasteiger partial charge in [-0.15, -0.1) is 18.2 Å². The molecule has 0 bridgehead atoms. The molecule has 0 aliphatic carbocycles. The van der Waals surface area contributed by atoms with E-state index in [4.69, 9.17) is 11.2 Å². The van der Waals surface area contributed by atoms with Gasteiger partial charge in [0, 0.05) is 5.75 Å². The highest BCUT2D eigenvalue weighted by atomic mass is 32.2. The van der Waals surface area contributed by atoms with Crippen LogP contribution in [0.15, 0.2) is 24.3 Å². The number of hydrogen-bond donors (Lipinski definition) is 0. The lowest BCUT2D eigenvalue weighted by Gasteiger charge is -2.26. The number of carbonyl (C=O) groups excluding carboxylic acids is 2. The van der Waals surface area contributed by atoms with E-state index in [-0.39, 0.29) is 6.61 Å². The van der Waals surface area contributed by atoms with Crippen LogP contribution in [0, 0.1) is 18.2 Å². The number of thioether (sulfide) groups is 1. The molecule has 6 heteroatoms. The summed E-state index contributed by atoms with van der Waals surface area (Å²) >= 11 is 1.36. The highest BCUT2D eigenvalue weighted by Gasteiger charge is 2.42. The van der Waals surface area contributed by atoms with Crippen LogP contribution in [0.2, 0.25) is 0 Å². The van der Waals surface area contributed by atoms with E-state index in [1.54, 1.807) is 19.1 Å². The second kappa shape index (κ2) is 6.64. The molecule has 1 unspecified atom stereocenters. The third-order valence-electron chi connectivity index (χ3n) is 3.05. The normalized spacial score (nSPS) is 20.9. The average Bonchev–Trinajstić information content (AvgIpc) is 2.91. The van der Waals surface area contributed by atoms with E-state index in [1.807, 2.05) is 5.92 Å². The van der Waals surface area contributed by atoms with Crippen molar-refractivity contribution >= 4 is 23.6 Å². The summed E-state index contributed by atoms with van der Waals surface area (Å²) in [7, 11) is 0. The number of benzene rings is 1. The number of terminal acetylenes is 1. The van der Waals surface area contributed by atoms with Crippen LogP contribution in [-0.4, -0.2) is 35.2 Å². The Balaban J connectivity index is 2.32. The molecular weight excluding hydrogens is 293 g/mol. The molecule has 0 aromatic heterocycles. The Bertz CT molecular complexity index is 599. The van der Waals surface area contributed by atoms with Crippen molar-refractivity contribution in [2.24, 2.45) is 0 Å². The average molecular weight is 307 g/mol. The largest absolute Gasteiger partial charge is 0.464 e. The van der Waals surface area contributed by atoms with Gasteiger partial charge in [-0.2, -0.15) is 0 Å². The van der Waals surface area contributed by atoms with Crippen LogP contribution in [0.4, 0.5) is 4.39 Å². The third kappa shape index (κ3) is 3.19. The van der Waals surface area contributed by atoms with Gasteiger partial charge in [0.1, 0.15) is 17.2 Å². The highest BCUT2D eigenvalue weighted by molar-refractivity contribution is 7.99. The second-order valence-electron chi connectivity index (χ2n) is 4.37. The van der Waals surface area contributed by atoms with E-state index in [1.165, 1.54) is 28.8 Å². The van der Waals surface area contributed by atoms with Crippen LogP contribution in [-0.2, 0) is 14.3 Å². The third-order valence-corrected chi connectivity index (χ3v) is 4.37. The van der Waals surface area contributed by atoms with Gasteiger partial charge in [-0.1, -0.05) is 12.1 Å². The van der Waals surface area contributed by atoms with Crippen LogP contribution >= 0.6 is 11.8 Å². The summed E-state index contributed by atoms with van der Waals surface area (Å²) < 4.78 is 18.3. The number of amides is 1. The van der Waals surface area contributed by atoms with Gasteiger partial charge in [0.25, 0.3) is 5.91 Å².